The summed E-state index contributed by atoms with van der Waals surface area (Å²) in [5.74, 6) is 0.646. The van der Waals surface area contributed by atoms with Gasteiger partial charge in [0.15, 0.2) is 0 Å². The lowest BCUT2D eigenvalue weighted by Crippen LogP contribution is -2.30. The molecule has 1 heterocycles. The smallest absolute Gasteiger partial charge is 0.245 e. The standard InChI is InChI=1S/C26H25N3O4/c1-32-23-13-9-22(10-14-23)29-17-21(15-25(29)30)26(31)28-27-16-19-7-11-24(12-8-19)33-18-20-5-3-2-4-6-20/h2-14,16,21H,15,17-18H2,1H3,(H,28,31)/b27-16+. The van der Waals surface area contributed by atoms with E-state index in [1.54, 1.807) is 30.4 Å². The Hall–Kier alpha value is -4.13. The van der Waals surface area contributed by atoms with Crippen LogP contribution >= 0.6 is 0 Å². The summed E-state index contributed by atoms with van der Waals surface area (Å²) >= 11 is 0. The third-order valence-corrected chi connectivity index (χ3v) is 5.40. The van der Waals surface area contributed by atoms with Gasteiger partial charge in [-0.3, -0.25) is 9.59 Å². The maximum Gasteiger partial charge on any atom is 0.245 e. The molecule has 1 saturated heterocycles. The highest BCUT2D eigenvalue weighted by Gasteiger charge is 2.35. The second kappa shape index (κ2) is 10.5. The van der Waals surface area contributed by atoms with Crippen molar-refractivity contribution in [3.8, 4) is 11.5 Å². The fourth-order valence-corrected chi connectivity index (χ4v) is 3.55. The second-order valence-corrected chi connectivity index (χ2v) is 7.68. The van der Waals surface area contributed by atoms with Gasteiger partial charge in [0.1, 0.15) is 18.1 Å². The molecule has 33 heavy (non-hydrogen) atoms. The van der Waals surface area contributed by atoms with E-state index in [9.17, 15) is 9.59 Å². The van der Waals surface area contributed by atoms with Gasteiger partial charge in [-0.1, -0.05) is 30.3 Å². The molecular weight excluding hydrogens is 418 g/mol. The van der Waals surface area contributed by atoms with E-state index in [-0.39, 0.29) is 18.2 Å². The van der Waals surface area contributed by atoms with Crippen molar-refractivity contribution >= 4 is 23.7 Å². The molecule has 4 rings (SSSR count). The summed E-state index contributed by atoms with van der Waals surface area (Å²) in [4.78, 5) is 26.5. The van der Waals surface area contributed by atoms with Crippen LogP contribution in [0.4, 0.5) is 5.69 Å². The Kier molecular flexibility index (Phi) is 6.99. The molecule has 1 atom stereocenters. The molecule has 1 N–H and O–H groups in total. The molecule has 0 aromatic heterocycles. The molecule has 1 aliphatic rings. The summed E-state index contributed by atoms with van der Waals surface area (Å²) in [5.41, 5.74) is 5.21. The largest absolute Gasteiger partial charge is 0.497 e. The highest BCUT2D eigenvalue weighted by Crippen LogP contribution is 2.27. The predicted octanol–water partition coefficient (Wildman–Crippen LogP) is 3.78. The van der Waals surface area contributed by atoms with Crippen LogP contribution in [-0.2, 0) is 16.2 Å². The number of nitrogens with one attached hydrogen (secondary N) is 1. The Morgan fingerprint density at radius 1 is 1.03 bits per heavy atom. The molecule has 0 spiro atoms. The summed E-state index contributed by atoms with van der Waals surface area (Å²) in [6.45, 7) is 0.817. The number of hydrazone groups is 1. The van der Waals surface area contributed by atoms with Crippen LogP contribution in [0.3, 0.4) is 0 Å². The van der Waals surface area contributed by atoms with E-state index in [0.29, 0.717) is 18.9 Å². The maximum atomic E-state index is 12.5. The topological polar surface area (TPSA) is 80.2 Å². The zero-order chi connectivity index (χ0) is 23.0. The first-order valence-electron chi connectivity index (χ1n) is 10.7. The van der Waals surface area contributed by atoms with Gasteiger partial charge < -0.3 is 14.4 Å². The SMILES string of the molecule is COc1ccc(N2CC(C(=O)N/N=C/c3ccc(OCc4ccccc4)cc3)CC2=O)cc1. The number of hydrogen-bond acceptors (Lipinski definition) is 5. The number of benzene rings is 3. The Morgan fingerprint density at radius 2 is 1.73 bits per heavy atom. The average Bonchev–Trinajstić information content (AvgIpc) is 3.26. The molecule has 0 saturated carbocycles. The van der Waals surface area contributed by atoms with Gasteiger partial charge in [-0.2, -0.15) is 5.10 Å². The van der Waals surface area contributed by atoms with Crippen molar-refractivity contribution in [2.24, 2.45) is 11.0 Å². The minimum absolute atomic E-state index is 0.0876. The van der Waals surface area contributed by atoms with E-state index in [1.807, 2.05) is 66.7 Å². The first kappa shape index (κ1) is 22.1. The van der Waals surface area contributed by atoms with Gasteiger partial charge in [-0.15, -0.1) is 0 Å². The number of hydrogen-bond donors (Lipinski definition) is 1. The lowest BCUT2D eigenvalue weighted by atomic mass is 10.1. The fourth-order valence-electron chi connectivity index (χ4n) is 3.55. The number of nitrogens with zero attached hydrogens (tertiary/aromatic N) is 2. The molecular formula is C26H25N3O4. The molecule has 0 aliphatic carbocycles. The van der Waals surface area contributed by atoms with Crippen LogP contribution in [0.25, 0.3) is 0 Å². The quantitative estimate of drug-likeness (QED) is 0.425. The van der Waals surface area contributed by atoms with E-state index in [4.69, 9.17) is 9.47 Å². The van der Waals surface area contributed by atoms with E-state index >= 15 is 0 Å². The number of methoxy groups -OCH3 is 1. The first-order valence-corrected chi connectivity index (χ1v) is 10.7. The Balaban J connectivity index is 1.26. The van der Waals surface area contributed by atoms with Crippen LogP contribution in [-0.4, -0.2) is 31.7 Å². The van der Waals surface area contributed by atoms with E-state index in [2.05, 4.69) is 10.5 Å². The van der Waals surface area contributed by atoms with E-state index in [0.717, 1.165) is 22.6 Å². The van der Waals surface area contributed by atoms with Gasteiger partial charge in [0.2, 0.25) is 11.8 Å². The summed E-state index contributed by atoms with van der Waals surface area (Å²) in [6.07, 6.45) is 1.72. The van der Waals surface area contributed by atoms with E-state index < -0.39 is 5.92 Å². The molecule has 1 unspecified atom stereocenters. The zero-order valence-electron chi connectivity index (χ0n) is 18.3. The molecule has 0 radical (unpaired) electrons. The van der Waals surface area contributed by atoms with Gasteiger partial charge in [0.05, 0.1) is 19.2 Å². The molecule has 3 aromatic rings. The van der Waals surface area contributed by atoms with Gasteiger partial charge >= 0.3 is 0 Å². The number of amides is 2. The fraction of sp³-hybridized carbons (Fsp3) is 0.192. The molecule has 7 heteroatoms. The van der Waals surface area contributed by atoms with Crippen LogP contribution in [0.1, 0.15) is 17.5 Å². The molecule has 168 valence electrons. The van der Waals surface area contributed by atoms with Crippen molar-refractivity contribution in [2.75, 3.05) is 18.6 Å². The monoisotopic (exact) mass is 443 g/mol. The summed E-state index contributed by atoms with van der Waals surface area (Å²) < 4.78 is 10.9. The van der Waals surface area contributed by atoms with Gasteiger partial charge in [-0.05, 0) is 59.7 Å². The molecule has 0 bridgehead atoms. The number of anilines is 1. The molecule has 1 fully saturated rings. The predicted molar refractivity (Wildman–Crippen MR) is 126 cm³/mol. The van der Waals surface area contributed by atoms with Crippen LogP contribution in [0.5, 0.6) is 11.5 Å². The van der Waals surface area contributed by atoms with E-state index in [1.165, 1.54) is 0 Å². The Labute approximate surface area is 192 Å². The van der Waals surface area contributed by atoms with Gasteiger partial charge in [-0.25, -0.2) is 5.43 Å². The van der Waals surface area contributed by atoms with Crippen molar-refractivity contribution in [3.63, 3.8) is 0 Å². The van der Waals surface area contributed by atoms with Crippen LogP contribution in [0, 0.1) is 5.92 Å². The van der Waals surface area contributed by atoms with Crippen LogP contribution in [0.15, 0.2) is 84.0 Å². The van der Waals surface area contributed by atoms with Crippen molar-refractivity contribution < 1.29 is 19.1 Å². The first-order chi connectivity index (χ1) is 16.1. The highest BCUT2D eigenvalue weighted by atomic mass is 16.5. The zero-order valence-corrected chi connectivity index (χ0v) is 18.3. The molecule has 2 amide bonds. The minimum Gasteiger partial charge on any atom is -0.497 e. The lowest BCUT2D eigenvalue weighted by Gasteiger charge is -2.16. The number of rotatable bonds is 8. The number of carbonyl (C=O) groups excluding carboxylic acids is 2. The molecule has 7 nitrogen and oxygen atoms in total. The van der Waals surface area contributed by atoms with Crippen molar-refractivity contribution in [3.05, 3.63) is 90.0 Å². The number of ether oxygens (including phenoxy) is 2. The van der Waals surface area contributed by atoms with Gasteiger partial charge in [0, 0.05) is 18.7 Å². The Morgan fingerprint density at radius 3 is 2.42 bits per heavy atom. The highest BCUT2D eigenvalue weighted by molar-refractivity contribution is 6.00. The average molecular weight is 444 g/mol. The summed E-state index contributed by atoms with van der Waals surface area (Å²) in [7, 11) is 1.59. The van der Waals surface area contributed by atoms with Crippen LogP contribution < -0.4 is 19.8 Å². The molecule has 1 aliphatic heterocycles. The molecule has 3 aromatic carbocycles. The number of carbonyl (C=O) groups is 2. The summed E-state index contributed by atoms with van der Waals surface area (Å²) in [5, 5.41) is 4.04. The minimum atomic E-state index is -0.453. The summed E-state index contributed by atoms with van der Waals surface area (Å²) in [6, 6.07) is 24.6. The van der Waals surface area contributed by atoms with Crippen molar-refractivity contribution in [1.29, 1.82) is 0 Å². The maximum absolute atomic E-state index is 12.5. The van der Waals surface area contributed by atoms with Gasteiger partial charge in [0.25, 0.3) is 0 Å². The van der Waals surface area contributed by atoms with Crippen LogP contribution in [0.2, 0.25) is 0 Å². The lowest BCUT2D eigenvalue weighted by molar-refractivity contribution is -0.126. The van der Waals surface area contributed by atoms with Crippen molar-refractivity contribution in [2.45, 2.75) is 13.0 Å². The third kappa shape index (κ3) is 5.77. The second-order valence-electron chi connectivity index (χ2n) is 7.68. The van der Waals surface area contributed by atoms with Crippen molar-refractivity contribution in [1.82, 2.24) is 5.43 Å². The normalized spacial score (nSPS) is 15.6. The Bertz CT molecular complexity index is 1110. The third-order valence-electron chi connectivity index (χ3n) is 5.40.